The normalized spacial score (nSPS) is 30.3. The first-order chi connectivity index (χ1) is 11.1. The molecule has 3 aliphatic heterocycles. The predicted molar refractivity (Wildman–Crippen MR) is 87.8 cm³/mol. The van der Waals surface area contributed by atoms with Gasteiger partial charge in [-0.1, -0.05) is 30.3 Å². The van der Waals surface area contributed by atoms with Crippen molar-refractivity contribution in [1.29, 1.82) is 0 Å². The van der Waals surface area contributed by atoms with Gasteiger partial charge in [0.05, 0.1) is 11.6 Å². The average molecular weight is 315 g/mol. The number of carbonyl (C=O) groups excluding carboxylic acids is 1. The summed E-state index contributed by atoms with van der Waals surface area (Å²) in [4.78, 5) is 18.5. The van der Waals surface area contributed by atoms with E-state index in [1.807, 2.05) is 11.0 Å². The minimum atomic E-state index is -0.222. The van der Waals surface area contributed by atoms with Crippen molar-refractivity contribution in [3.63, 3.8) is 0 Å². The van der Waals surface area contributed by atoms with Gasteiger partial charge in [0.15, 0.2) is 0 Å². The monoisotopic (exact) mass is 315 g/mol. The van der Waals surface area contributed by atoms with E-state index in [1.54, 1.807) is 6.92 Å². The third-order valence-corrected chi connectivity index (χ3v) is 5.65. The van der Waals surface area contributed by atoms with E-state index in [-0.39, 0.29) is 17.6 Å². The Balaban J connectivity index is 1.52. The largest absolute Gasteiger partial charge is 0.392 e. The quantitative estimate of drug-likeness (QED) is 0.865. The number of aliphatic hydroxyl groups is 1. The Morgan fingerprint density at radius 2 is 1.96 bits per heavy atom. The van der Waals surface area contributed by atoms with Crippen LogP contribution in [0.15, 0.2) is 30.3 Å². The molecule has 1 aromatic rings. The number of benzene rings is 1. The molecule has 2 unspecified atom stereocenters. The summed E-state index contributed by atoms with van der Waals surface area (Å²) in [6, 6.07) is 11.0. The van der Waals surface area contributed by atoms with E-state index in [4.69, 9.17) is 0 Å². The van der Waals surface area contributed by atoms with E-state index in [1.165, 1.54) is 5.56 Å². The summed E-state index contributed by atoms with van der Waals surface area (Å²) in [6.07, 6.45) is 0.632. The van der Waals surface area contributed by atoms with Crippen molar-refractivity contribution in [3.8, 4) is 0 Å². The Morgan fingerprint density at radius 3 is 2.65 bits per heavy atom. The second-order valence-electron chi connectivity index (χ2n) is 7.45. The number of likely N-dealkylation sites (tertiary alicyclic amines) is 1. The molecule has 1 N–H and O–H groups in total. The molecule has 0 aromatic heterocycles. The molecule has 5 heteroatoms. The molecule has 3 heterocycles. The molecule has 5 nitrogen and oxygen atoms in total. The van der Waals surface area contributed by atoms with Crippen LogP contribution in [0.4, 0.5) is 0 Å². The van der Waals surface area contributed by atoms with Crippen LogP contribution in [0, 0.1) is 0 Å². The summed E-state index contributed by atoms with van der Waals surface area (Å²) in [5, 5.41) is 10.1. The lowest BCUT2D eigenvalue weighted by Gasteiger charge is -2.60. The van der Waals surface area contributed by atoms with Crippen LogP contribution < -0.4 is 0 Å². The molecule has 1 spiro atoms. The second kappa shape index (κ2) is 5.58. The summed E-state index contributed by atoms with van der Waals surface area (Å²) in [5.74, 6) is 0.159. The zero-order valence-corrected chi connectivity index (χ0v) is 13.7. The fourth-order valence-corrected chi connectivity index (χ4v) is 4.65. The number of rotatable bonds is 2. The van der Waals surface area contributed by atoms with Crippen molar-refractivity contribution in [1.82, 2.24) is 14.7 Å². The van der Waals surface area contributed by atoms with Crippen LogP contribution in [0.5, 0.6) is 0 Å². The lowest BCUT2D eigenvalue weighted by molar-refractivity contribution is -0.154. The number of nitrogens with zero attached hydrogens (tertiary/aromatic N) is 3. The van der Waals surface area contributed by atoms with Gasteiger partial charge in [0.2, 0.25) is 5.91 Å². The number of carbonyl (C=O) groups is 1. The van der Waals surface area contributed by atoms with Crippen LogP contribution in [-0.2, 0) is 11.3 Å². The maximum absolute atomic E-state index is 11.6. The summed E-state index contributed by atoms with van der Waals surface area (Å²) in [6.45, 7) is 6.95. The predicted octanol–water partition coefficient (Wildman–Crippen LogP) is 0.538. The Kier molecular flexibility index (Phi) is 3.67. The molecular formula is C18H25N3O2. The summed E-state index contributed by atoms with van der Waals surface area (Å²) in [5.41, 5.74) is 1.37. The van der Waals surface area contributed by atoms with Crippen molar-refractivity contribution in [2.24, 2.45) is 0 Å². The molecule has 0 aliphatic carbocycles. The molecule has 0 bridgehead atoms. The molecule has 1 aromatic carbocycles. The van der Waals surface area contributed by atoms with Crippen LogP contribution in [0.3, 0.4) is 0 Å². The maximum atomic E-state index is 11.6. The number of β-amino-alcohol motifs (C(OH)–C–C–N with tert-alkyl or cyclic N) is 1. The van der Waals surface area contributed by atoms with Gasteiger partial charge in [-0.2, -0.15) is 0 Å². The van der Waals surface area contributed by atoms with Crippen molar-refractivity contribution < 1.29 is 9.90 Å². The minimum absolute atomic E-state index is 0.0425. The molecule has 0 saturated carbocycles. The highest BCUT2D eigenvalue weighted by molar-refractivity contribution is 5.74. The Bertz CT molecular complexity index is 585. The molecular weight excluding hydrogens is 290 g/mol. The first-order valence-electron chi connectivity index (χ1n) is 8.52. The first kappa shape index (κ1) is 15.1. The van der Waals surface area contributed by atoms with Crippen molar-refractivity contribution in [2.45, 2.75) is 37.6 Å². The lowest BCUT2D eigenvalue weighted by atomic mass is 9.83. The van der Waals surface area contributed by atoms with Gasteiger partial charge in [-0.05, 0) is 12.0 Å². The van der Waals surface area contributed by atoms with Crippen LogP contribution in [0.2, 0.25) is 0 Å². The Labute approximate surface area is 137 Å². The first-order valence-corrected chi connectivity index (χ1v) is 8.52. The van der Waals surface area contributed by atoms with Crippen LogP contribution >= 0.6 is 0 Å². The standard InChI is InChI=1S/C18H25N3O2/c1-14(22)20-12-18(13-20)11-19(8-15-5-3-2-4-6-15)9-16-7-17(23)10-21(16)18/h2-6,16-17,23H,7-13H2,1H3. The third kappa shape index (κ3) is 2.67. The second-order valence-corrected chi connectivity index (χ2v) is 7.45. The fourth-order valence-electron chi connectivity index (χ4n) is 4.65. The number of piperazine rings is 1. The smallest absolute Gasteiger partial charge is 0.219 e. The molecule has 3 aliphatic rings. The van der Waals surface area contributed by atoms with Gasteiger partial charge in [-0.25, -0.2) is 0 Å². The van der Waals surface area contributed by atoms with E-state index in [9.17, 15) is 9.90 Å². The SMILES string of the molecule is CC(=O)N1CC2(CN(Cc3ccccc3)CC3CC(O)CN32)C1. The van der Waals surface area contributed by atoms with Gasteiger partial charge in [0.25, 0.3) is 0 Å². The van der Waals surface area contributed by atoms with Gasteiger partial charge < -0.3 is 10.0 Å². The number of amides is 1. The summed E-state index contributed by atoms with van der Waals surface area (Å²) in [7, 11) is 0. The van der Waals surface area contributed by atoms with Gasteiger partial charge >= 0.3 is 0 Å². The van der Waals surface area contributed by atoms with Crippen molar-refractivity contribution in [3.05, 3.63) is 35.9 Å². The van der Waals surface area contributed by atoms with E-state index < -0.39 is 0 Å². The van der Waals surface area contributed by atoms with Crippen LogP contribution in [0.25, 0.3) is 0 Å². The number of hydrogen-bond donors (Lipinski definition) is 1. The molecule has 0 radical (unpaired) electrons. The Morgan fingerprint density at radius 1 is 1.22 bits per heavy atom. The fraction of sp³-hybridized carbons (Fsp3) is 0.611. The van der Waals surface area contributed by atoms with E-state index in [0.717, 1.165) is 45.7 Å². The van der Waals surface area contributed by atoms with Crippen LogP contribution in [0.1, 0.15) is 18.9 Å². The Hall–Kier alpha value is -1.43. The molecule has 3 fully saturated rings. The van der Waals surface area contributed by atoms with Gasteiger partial charge in [-0.15, -0.1) is 0 Å². The van der Waals surface area contributed by atoms with E-state index in [0.29, 0.717) is 6.04 Å². The highest BCUT2D eigenvalue weighted by atomic mass is 16.3. The maximum Gasteiger partial charge on any atom is 0.219 e. The van der Waals surface area contributed by atoms with Crippen molar-refractivity contribution >= 4 is 5.91 Å². The van der Waals surface area contributed by atoms with Gasteiger partial charge in [-0.3, -0.25) is 14.6 Å². The van der Waals surface area contributed by atoms with Crippen LogP contribution in [-0.4, -0.2) is 76.1 Å². The number of fused-ring (bicyclic) bond motifs is 2. The zero-order valence-electron chi connectivity index (χ0n) is 13.7. The molecule has 2 atom stereocenters. The molecule has 23 heavy (non-hydrogen) atoms. The van der Waals surface area contributed by atoms with Crippen molar-refractivity contribution in [2.75, 3.05) is 32.7 Å². The number of hydrogen-bond acceptors (Lipinski definition) is 4. The zero-order chi connectivity index (χ0) is 16.0. The minimum Gasteiger partial charge on any atom is -0.392 e. The molecule has 124 valence electrons. The van der Waals surface area contributed by atoms with E-state index >= 15 is 0 Å². The van der Waals surface area contributed by atoms with Gasteiger partial charge in [0, 0.05) is 52.2 Å². The summed E-state index contributed by atoms with van der Waals surface area (Å²) >= 11 is 0. The number of aliphatic hydroxyl groups excluding tert-OH is 1. The average Bonchev–Trinajstić information content (AvgIpc) is 2.85. The highest BCUT2D eigenvalue weighted by Crippen LogP contribution is 2.39. The molecule has 1 amide bonds. The highest BCUT2D eigenvalue weighted by Gasteiger charge is 2.56. The topological polar surface area (TPSA) is 47.0 Å². The molecule has 4 rings (SSSR count). The lowest BCUT2D eigenvalue weighted by Crippen LogP contribution is -2.78. The van der Waals surface area contributed by atoms with Gasteiger partial charge in [0.1, 0.15) is 0 Å². The third-order valence-electron chi connectivity index (χ3n) is 5.65. The molecule has 3 saturated heterocycles. The summed E-state index contributed by atoms with van der Waals surface area (Å²) < 4.78 is 0. The van der Waals surface area contributed by atoms with E-state index in [2.05, 4.69) is 34.1 Å².